The predicted molar refractivity (Wildman–Crippen MR) is 98.8 cm³/mol. The molecule has 2 N–H and O–H groups in total. The van der Waals surface area contributed by atoms with Crippen LogP contribution < -0.4 is 16.5 Å². The molecule has 0 bridgehead atoms. The number of nitrogens with two attached hydrogens (primary N) is 1. The minimum Gasteiger partial charge on any atom is -0.274 e. The van der Waals surface area contributed by atoms with Crippen LogP contribution in [-0.2, 0) is 13.0 Å². The summed E-state index contributed by atoms with van der Waals surface area (Å²) in [5, 5.41) is 1.91. The van der Waals surface area contributed by atoms with Gasteiger partial charge in [-0.05, 0) is 23.8 Å². The van der Waals surface area contributed by atoms with E-state index < -0.39 is 5.69 Å². The normalized spacial score (nSPS) is 10.7. The summed E-state index contributed by atoms with van der Waals surface area (Å²) in [4.78, 5) is 21.1. The van der Waals surface area contributed by atoms with Crippen LogP contribution >= 0.6 is 11.6 Å². The van der Waals surface area contributed by atoms with Crippen LogP contribution in [-0.4, -0.2) is 14.5 Å². The molecule has 3 rings (SSSR count). The van der Waals surface area contributed by atoms with E-state index in [4.69, 9.17) is 17.4 Å². The number of rotatable bonds is 5. The first-order valence-corrected chi connectivity index (χ1v) is 8.28. The summed E-state index contributed by atoms with van der Waals surface area (Å²) in [7, 11) is 0. The maximum atomic E-state index is 12.6. The van der Waals surface area contributed by atoms with Crippen molar-refractivity contribution in [3.8, 4) is 5.69 Å². The van der Waals surface area contributed by atoms with Gasteiger partial charge in [0.2, 0.25) is 5.95 Å². The summed E-state index contributed by atoms with van der Waals surface area (Å²) in [6, 6.07) is 16.7. The molecule has 1 aromatic heterocycles. The van der Waals surface area contributed by atoms with Crippen LogP contribution in [0.3, 0.4) is 0 Å². The molecule has 0 fully saturated rings. The highest BCUT2D eigenvalue weighted by Gasteiger charge is 2.14. The van der Waals surface area contributed by atoms with Gasteiger partial charge in [-0.15, -0.1) is 0 Å². The summed E-state index contributed by atoms with van der Waals surface area (Å²) in [5.41, 5.74) is 1.20. The molecule has 25 heavy (non-hydrogen) atoms. The summed E-state index contributed by atoms with van der Waals surface area (Å²) < 4.78 is 1.45. The summed E-state index contributed by atoms with van der Waals surface area (Å²) in [6.07, 6.45) is 0.552. The quantitative estimate of drug-likeness (QED) is 0.562. The fourth-order valence-corrected chi connectivity index (χ4v) is 2.71. The molecule has 0 saturated heterocycles. The highest BCUT2D eigenvalue weighted by atomic mass is 35.5. The van der Waals surface area contributed by atoms with Gasteiger partial charge in [-0.2, -0.15) is 9.97 Å². The molecule has 0 aliphatic rings. The lowest BCUT2D eigenvalue weighted by Gasteiger charge is -2.18. The van der Waals surface area contributed by atoms with E-state index in [0.717, 1.165) is 5.56 Å². The molecular formula is C18H18ClN5O. The predicted octanol–water partition coefficient (Wildman–Crippen LogP) is 2.72. The van der Waals surface area contributed by atoms with Crippen molar-refractivity contribution >= 4 is 17.5 Å². The Morgan fingerprint density at radius 1 is 1.12 bits per heavy atom. The molecule has 0 amide bonds. The molecule has 3 aromatic rings. The van der Waals surface area contributed by atoms with E-state index in [1.165, 1.54) is 9.58 Å². The van der Waals surface area contributed by atoms with Crippen LogP contribution in [0.15, 0.2) is 59.4 Å². The van der Waals surface area contributed by atoms with Crippen LogP contribution in [0.5, 0.6) is 0 Å². The Hall–Kier alpha value is -2.70. The first-order chi connectivity index (χ1) is 12.1. The van der Waals surface area contributed by atoms with Gasteiger partial charge in [-0.25, -0.2) is 15.2 Å². The van der Waals surface area contributed by atoms with Gasteiger partial charge in [0.25, 0.3) is 0 Å². The molecule has 2 aromatic carbocycles. The molecule has 0 radical (unpaired) electrons. The number of anilines is 1. The average Bonchev–Trinajstić information content (AvgIpc) is 2.61. The smallest absolute Gasteiger partial charge is 0.274 e. The van der Waals surface area contributed by atoms with Crippen LogP contribution in [0.1, 0.15) is 18.3 Å². The maximum Gasteiger partial charge on any atom is 0.356 e. The summed E-state index contributed by atoms with van der Waals surface area (Å²) in [6.45, 7) is 2.33. The number of aromatic nitrogens is 3. The van der Waals surface area contributed by atoms with E-state index in [1.54, 1.807) is 24.3 Å². The van der Waals surface area contributed by atoms with Crippen molar-refractivity contribution in [1.29, 1.82) is 0 Å². The summed E-state index contributed by atoms with van der Waals surface area (Å²) in [5.74, 6) is 6.84. The molecule has 0 spiro atoms. The Balaban J connectivity index is 1.98. The first kappa shape index (κ1) is 17.1. The standard InChI is InChI=1S/C18H18ClN5O/c1-2-16-21-17(23(20)12-13-7-4-3-5-8-13)22-18(25)24(16)15-10-6-9-14(19)11-15/h3-11H,2,12,20H2,1H3. The number of aryl methyl sites for hydroxylation is 1. The Bertz CT molecular complexity index is 926. The molecule has 0 atom stereocenters. The number of halogens is 1. The van der Waals surface area contributed by atoms with Crippen molar-refractivity contribution in [2.75, 3.05) is 5.01 Å². The Morgan fingerprint density at radius 3 is 2.56 bits per heavy atom. The SMILES string of the molecule is CCc1nc(N(N)Cc2ccccc2)nc(=O)n1-c1cccc(Cl)c1. The van der Waals surface area contributed by atoms with Crippen LogP contribution in [0.25, 0.3) is 5.69 Å². The zero-order chi connectivity index (χ0) is 17.8. The number of hydrazine groups is 1. The second-order valence-electron chi connectivity index (χ2n) is 5.50. The van der Waals surface area contributed by atoms with Crippen molar-refractivity contribution in [2.24, 2.45) is 5.84 Å². The van der Waals surface area contributed by atoms with Crippen molar-refractivity contribution < 1.29 is 0 Å². The van der Waals surface area contributed by atoms with Gasteiger partial charge in [-0.3, -0.25) is 5.01 Å². The first-order valence-electron chi connectivity index (χ1n) is 7.90. The van der Waals surface area contributed by atoms with E-state index in [0.29, 0.717) is 29.5 Å². The molecule has 0 saturated carbocycles. The highest BCUT2D eigenvalue weighted by Crippen LogP contribution is 2.16. The van der Waals surface area contributed by atoms with Gasteiger partial charge in [0.1, 0.15) is 5.82 Å². The van der Waals surface area contributed by atoms with Crippen LogP contribution in [0, 0.1) is 0 Å². The number of hydrogen-bond donors (Lipinski definition) is 1. The molecule has 0 aliphatic heterocycles. The molecule has 128 valence electrons. The zero-order valence-corrected chi connectivity index (χ0v) is 14.5. The van der Waals surface area contributed by atoms with E-state index >= 15 is 0 Å². The third-order valence-corrected chi connectivity index (χ3v) is 3.94. The number of nitrogens with zero attached hydrogens (tertiary/aromatic N) is 4. The van der Waals surface area contributed by atoms with Crippen molar-refractivity contribution in [2.45, 2.75) is 19.9 Å². The van der Waals surface area contributed by atoms with Crippen LogP contribution in [0.2, 0.25) is 5.02 Å². The fourth-order valence-electron chi connectivity index (χ4n) is 2.53. The monoisotopic (exact) mass is 355 g/mol. The third kappa shape index (κ3) is 3.87. The van der Waals surface area contributed by atoms with Gasteiger partial charge < -0.3 is 0 Å². The van der Waals surface area contributed by atoms with E-state index in [9.17, 15) is 4.79 Å². The number of hydrogen-bond acceptors (Lipinski definition) is 5. The minimum absolute atomic E-state index is 0.198. The number of benzene rings is 2. The molecule has 6 nitrogen and oxygen atoms in total. The lowest BCUT2D eigenvalue weighted by atomic mass is 10.2. The van der Waals surface area contributed by atoms with E-state index in [2.05, 4.69) is 9.97 Å². The average molecular weight is 356 g/mol. The molecule has 0 unspecified atom stereocenters. The fraction of sp³-hybridized carbons (Fsp3) is 0.167. The zero-order valence-electron chi connectivity index (χ0n) is 13.8. The largest absolute Gasteiger partial charge is 0.356 e. The van der Waals surface area contributed by atoms with E-state index in [1.807, 2.05) is 37.3 Å². The Morgan fingerprint density at radius 2 is 1.88 bits per heavy atom. The van der Waals surface area contributed by atoms with Gasteiger partial charge in [-0.1, -0.05) is 54.9 Å². The summed E-state index contributed by atoms with van der Waals surface area (Å²) >= 11 is 6.03. The maximum absolute atomic E-state index is 12.6. The third-order valence-electron chi connectivity index (χ3n) is 3.71. The second kappa shape index (κ2) is 7.46. The second-order valence-corrected chi connectivity index (χ2v) is 5.94. The van der Waals surface area contributed by atoms with Crippen LogP contribution in [0.4, 0.5) is 5.95 Å². The van der Waals surface area contributed by atoms with Gasteiger partial charge in [0.05, 0.1) is 12.2 Å². The van der Waals surface area contributed by atoms with Crippen molar-refractivity contribution in [3.63, 3.8) is 0 Å². The van der Waals surface area contributed by atoms with Gasteiger partial charge in [0.15, 0.2) is 0 Å². The topological polar surface area (TPSA) is 77.0 Å². The Kier molecular flexibility index (Phi) is 5.11. The lowest BCUT2D eigenvalue weighted by molar-refractivity contribution is 0.722. The molecule has 0 aliphatic carbocycles. The van der Waals surface area contributed by atoms with Gasteiger partial charge in [0, 0.05) is 11.4 Å². The molecular weight excluding hydrogens is 338 g/mol. The van der Waals surface area contributed by atoms with E-state index in [-0.39, 0.29) is 5.95 Å². The van der Waals surface area contributed by atoms with Gasteiger partial charge >= 0.3 is 5.69 Å². The minimum atomic E-state index is -0.437. The highest BCUT2D eigenvalue weighted by molar-refractivity contribution is 6.30. The lowest BCUT2D eigenvalue weighted by Crippen LogP contribution is -2.36. The molecule has 7 heteroatoms. The van der Waals surface area contributed by atoms with Crippen molar-refractivity contribution in [1.82, 2.24) is 14.5 Å². The van der Waals surface area contributed by atoms with Crippen molar-refractivity contribution in [3.05, 3.63) is 81.5 Å². The Labute approximate surface area is 150 Å². The molecule has 1 heterocycles.